The lowest BCUT2D eigenvalue weighted by atomic mass is 9.94. The van der Waals surface area contributed by atoms with Crippen molar-refractivity contribution < 1.29 is 29.0 Å². The lowest BCUT2D eigenvalue weighted by Gasteiger charge is -2.22. The van der Waals surface area contributed by atoms with Crippen LogP contribution in [0.3, 0.4) is 0 Å². The largest absolute Gasteiger partial charge is 0.479 e. The summed E-state index contributed by atoms with van der Waals surface area (Å²) in [6.45, 7) is 0. The van der Waals surface area contributed by atoms with Gasteiger partial charge in [-0.05, 0) is 12.1 Å². The maximum absolute atomic E-state index is 10.9. The van der Waals surface area contributed by atoms with Gasteiger partial charge in [0, 0.05) is 0 Å². The summed E-state index contributed by atoms with van der Waals surface area (Å²) in [6.07, 6.45) is 0.847. The van der Waals surface area contributed by atoms with E-state index in [1.54, 1.807) is 5.32 Å². The molecule has 3 N–H and O–H groups in total. The Bertz CT molecular complexity index is 382. The van der Waals surface area contributed by atoms with Crippen LogP contribution in [0.4, 0.5) is 0 Å². The minimum Gasteiger partial charge on any atom is -0.479 e. The molecule has 1 amide bonds. The van der Waals surface area contributed by atoms with Crippen molar-refractivity contribution in [3.63, 3.8) is 0 Å². The summed E-state index contributed by atoms with van der Waals surface area (Å²) in [5, 5.41) is 19.6. The van der Waals surface area contributed by atoms with Gasteiger partial charge in [-0.3, -0.25) is 4.79 Å². The normalized spacial score (nSPS) is 10.8. The van der Waals surface area contributed by atoms with Gasteiger partial charge in [0.2, 0.25) is 11.9 Å². The lowest BCUT2D eigenvalue weighted by Crippen LogP contribution is -2.59. The van der Waals surface area contributed by atoms with Crippen LogP contribution in [0.25, 0.3) is 0 Å². The molecule has 7 heteroatoms. The Morgan fingerprint density at radius 2 is 2.06 bits per heavy atom. The van der Waals surface area contributed by atoms with Crippen molar-refractivity contribution in [3.8, 4) is 0 Å². The number of amides is 1. The number of nitrogens with one attached hydrogen (secondary N) is 1. The van der Waals surface area contributed by atoms with Gasteiger partial charge in [0.05, 0.1) is 12.7 Å². The standard InChI is InChI=1S/C9H9NO6/c11-5-10-9(7(12)13,8(14)15)4-6-2-1-3-16-6/h1-3,5H,4H2,(H,10,11)(H,12,13)(H,14,15). The number of rotatable bonds is 6. The Balaban J connectivity index is 3.06. The molecule has 0 aliphatic carbocycles. The van der Waals surface area contributed by atoms with Crippen LogP contribution in [0.2, 0.25) is 0 Å². The number of carbonyl (C=O) groups excluding carboxylic acids is 1. The molecule has 7 nitrogen and oxygen atoms in total. The fourth-order valence-electron chi connectivity index (χ4n) is 1.19. The summed E-state index contributed by atoms with van der Waals surface area (Å²) in [5.41, 5.74) is -2.40. The van der Waals surface area contributed by atoms with Crippen molar-refractivity contribution in [1.82, 2.24) is 5.32 Å². The quantitative estimate of drug-likeness (QED) is 0.444. The molecular weight excluding hydrogens is 218 g/mol. The van der Waals surface area contributed by atoms with E-state index >= 15 is 0 Å². The molecule has 0 aliphatic rings. The van der Waals surface area contributed by atoms with Gasteiger partial charge in [0.25, 0.3) is 0 Å². The molecule has 1 heterocycles. The van der Waals surface area contributed by atoms with Gasteiger partial charge in [-0.2, -0.15) is 0 Å². The summed E-state index contributed by atoms with van der Waals surface area (Å²) in [7, 11) is 0. The molecule has 0 saturated carbocycles. The first-order valence-corrected chi connectivity index (χ1v) is 4.23. The molecule has 0 spiro atoms. The first kappa shape index (κ1) is 11.8. The molecule has 0 fully saturated rings. The Kier molecular flexibility index (Phi) is 3.29. The van der Waals surface area contributed by atoms with Gasteiger partial charge in [-0.25, -0.2) is 9.59 Å². The van der Waals surface area contributed by atoms with Gasteiger partial charge in [-0.1, -0.05) is 0 Å². The van der Waals surface area contributed by atoms with Crippen LogP contribution >= 0.6 is 0 Å². The molecule has 0 bridgehead atoms. The van der Waals surface area contributed by atoms with E-state index in [0.29, 0.717) is 0 Å². The van der Waals surface area contributed by atoms with Crippen LogP contribution in [0.15, 0.2) is 22.8 Å². The summed E-state index contributed by atoms with van der Waals surface area (Å²) in [6, 6.07) is 2.91. The maximum atomic E-state index is 10.9. The number of furan rings is 1. The molecule has 1 aromatic heterocycles. The number of hydrogen-bond donors (Lipinski definition) is 3. The fourth-order valence-corrected chi connectivity index (χ4v) is 1.19. The highest BCUT2D eigenvalue weighted by Gasteiger charge is 2.47. The predicted octanol–water partition coefficient (Wildman–Crippen LogP) is -0.524. The van der Waals surface area contributed by atoms with E-state index in [9.17, 15) is 14.4 Å². The minimum absolute atomic E-state index is 0.0329. The highest BCUT2D eigenvalue weighted by Crippen LogP contribution is 2.15. The highest BCUT2D eigenvalue weighted by atomic mass is 16.4. The number of carboxylic acids is 2. The topological polar surface area (TPSA) is 117 Å². The van der Waals surface area contributed by atoms with Crippen LogP contribution in [-0.4, -0.2) is 34.1 Å². The van der Waals surface area contributed by atoms with E-state index in [-0.39, 0.29) is 12.2 Å². The van der Waals surface area contributed by atoms with Gasteiger partial charge in [0.1, 0.15) is 5.76 Å². The molecule has 1 aromatic rings. The molecule has 0 aliphatic heterocycles. The third kappa shape index (κ3) is 2.02. The minimum atomic E-state index is -2.40. The second kappa shape index (κ2) is 4.47. The second-order valence-electron chi connectivity index (χ2n) is 3.03. The van der Waals surface area contributed by atoms with Crippen molar-refractivity contribution in [3.05, 3.63) is 24.2 Å². The Labute approximate surface area is 89.7 Å². The molecule has 0 radical (unpaired) electrons. The van der Waals surface area contributed by atoms with Crippen molar-refractivity contribution in [2.75, 3.05) is 0 Å². The van der Waals surface area contributed by atoms with Gasteiger partial charge in [-0.15, -0.1) is 0 Å². The summed E-state index contributed by atoms with van der Waals surface area (Å²) in [5.74, 6) is -3.17. The van der Waals surface area contributed by atoms with Crippen LogP contribution < -0.4 is 5.32 Å². The summed E-state index contributed by atoms with van der Waals surface area (Å²) < 4.78 is 4.85. The molecule has 0 aromatic carbocycles. The Hall–Kier alpha value is -2.31. The highest BCUT2D eigenvalue weighted by molar-refractivity contribution is 6.05. The second-order valence-corrected chi connectivity index (χ2v) is 3.03. The van der Waals surface area contributed by atoms with E-state index in [4.69, 9.17) is 14.6 Å². The smallest absolute Gasteiger partial charge is 0.341 e. The van der Waals surface area contributed by atoms with Crippen LogP contribution in [0, 0.1) is 0 Å². The number of carbonyl (C=O) groups is 3. The van der Waals surface area contributed by atoms with E-state index in [1.807, 2.05) is 0 Å². The molecule has 0 unspecified atom stereocenters. The molecule has 16 heavy (non-hydrogen) atoms. The number of hydrogen-bond acceptors (Lipinski definition) is 4. The molecule has 86 valence electrons. The average molecular weight is 227 g/mol. The molecule has 0 saturated heterocycles. The Morgan fingerprint density at radius 1 is 1.44 bits per heavy atom. The first-order chi connectivity index (χ1) is 7.53. The van der Waals surface area contributed by atoms with E-state index in [1.165, 1.54) is 18.4 Å². The molecular formula is C9H9NO6. The zero-order valence-corrected chi connectivity index (χ0v) is 8.04. The van der Waals surface area contributed by atoms with E-state index in [2.05, 4.69) is 0 Å². The van der Waals surface area contributed by atoms with Crippen molar-refractivity contribution in [2.24, 2.45) is 0 Å². The first-order valence-electron chi connectivity index (χ1n) is 4.23. The van der Waals surface area contributed by atoms with Gasteiger partial charge in [0.15, 0.2) is 0 Å². The molecule has 0 atom stereocenters. The predicted molar refractivity (Wildman–Crippen MR) is 49.6 cm³/mol. The zero-order valence-electron chi connectivity index (χ0n) is 8.04. The van der Waals surface area contributed by atoms with Crippen LogP contribution in [-0.2, 0) is 20.8 Å². The number of aliphatic carboxylic acids is 2. The van der Waals surface area contributed by atoms with Gasteiger partial charge >= 0.3 is 11.9 Å². The maximum Gasteiger partial charge on any atom is 0.341 e. The average Bonchev–Trinajstić information content (AvgIpc) is 2.68. The zero-order chi connectivity index (χ0) is 12.2. The molecule has 1 rings (SSSR count). The van der Waals surface area contributed by atoms with E-state index in [0.717, 1.165) is 0 Å². The van der Waals surface area contributed by atoms with Crippen LogP contribution in [0.1, 0.15) is 5.76 Å². The Morgan fingerprint density at radius 3 is 2.44 bits per heavy atom. The van der Waals surface area contributed by atoms with Crippen molar-refractivity contribution >= 4 is 18.3 Å². The van der Waals surface area contributed by atoms with Crippen LogP contribution in [0.5, 0.6) is 0 Å². The lowest BCUT2D eigenvalue weighted by molar-refractivity contribution is -0.160. The number of carboxylic acid groups (broad SMARTS) is 2. The van der Waals surface area contributed by atoms with E-state index < -0.39 is 23.9 Å². The van der Waals surface area contributed by atoms with Crippen molar-refractivity contribution in [2.45, 2.75) is 12.0 Å². The van der Waals surface area contributed by atoms with Crippen molar-refractivity contribution in [1.29, 1.82) is 0 Å². The SMILES string of the molecule is O=CNC(Cc1ccco1)(C(=O)O)C(=O)O. The third-order valence-corrected chi connectivity index (χ3v) is 2.06. The fraction of sp³-hybridized carbons (Fsp3) is 0.222. The third-order valence-electron chi connectivity index (χ3n) is 2.06. The summed E-state index contributed by atoms with van der Waals surface area (Å²) in [4.78, 5) is 32.2. The summed E-state index contributed by atoms with van der Waals surface area (Å²) >= 11 is 0. The van der Waals surface area contributed by atoms with Gasteiger partial charge < -0.3 is 19.9 Å². The monoisotopic (exact) mass is 227 g/mol.